The second-order valence-corrected chi connectivity index (χ2v) is 5.79. The number of benzene rings is 1. The largest absolute Gasteiger partial charge is 0.490 e. The van der Waals surface area contributed by atoms with Crippen molar-refractivity contribution in [2.45, 2.75) is 33.3 Å². The fourth-order valence-corrected chi connectivity index (χ4v) is 2.44. The van der Waals surface area contributed by atoms with Crippen LogP contribution in [0.3, 0.4) is 0 Å². The smallest absolute Gasteiger partial charge is 0.167 e. The van der Waals surface area contributed by atoms with E-state index in [1.165, 1.54) is 0 Å². The summed E-state index contributed by atoms with van der Waals surface area (Å²) in [6.45, 7) is 10.1. The molecule has 0 unspecified atom stereocenters. The predicted octanol–water partition coefficient (Wildman–Crippen LogP) is 2.69. The molecule has 1 fully saturated rings. The second-order valence-electron chi connectivity index (χ2n) is 5.79. The number of nitrogens with zero attached hydrogens (tertiary/aromatic N) is 1. The summed E-state index contributed by atoms with van der Waals surface area (Å²) in [4.78, 5) is 14.8. The summed E-state index contributed by atoms with van der Waals surface area (Å²) in [5.41, 5.74) is 1.79. The van der Waals surface area contributed by atoms with Gasteiger partial charge in [-0.2, -0.15) is 0 Å². The lowest BCUT2D eigenvalue weighted by molar-refractivity contribution is 0.0369. The third-order valence-electron chi connectivity index (χ3n) is 3.56. The van der Waals surface area contributed by atoms with Gasteiger partial charge in [-0.3, -0.25) is 9.69 Å². The monoisotopic (exact) mass is 291 g/mol. The van der Waals surface area contributed by atoms with Gasteiger partial charge >= 0.3 is 0 Å². The van der Waals surface area contributed by atoms with Crippen LogP contribution in [0, 0.1) is 6.92 Å². The Morgan fingerprint density at radius 3 is 2.71 bits per heavy atom. The molecular weight excluding hydrogens is 266 g/mol. The Labute approximate surface area is 127 Å². The molecule has 0 aliphatic carbocycles. The third kappa shape index (κ3) is 4.83. The Bertz CT molecular complexity index is 479. The number of aryl methyl sites for hydroxylation is 1. The van der Waals surface area contributed by atoms with Gasteiger partial charge in [0.05, 0.1) is 24.9 Å². The molecule has 21 heavy (non-hydrogen) atoms. The molecule has 1 saturated heterocycles. The summed E-state index contributed by atoms with van der Waals surface area (Å²) in [5, 5.41) is 0. The van der Waals surface area contributed by atoms with E-state index in [0.29, 0.717) is 17.7 Å². The first kappa shape index (κ1) is 16.0. The van der Waals surface area contributed by atoms with Gasteiger partial charge in [0.25, 0.3) is 0 Å². The predicted molar refractivity (Wildman–Crippen MR) is 83.1 cm³/mol. The van der Waals surface area contributed by atoms with Crippen LogP contribution in [-0.4, -0.2) is 49.6 Å². The minimum Gasteiger partial charge on any atom is -0.490 e. The van der Waals surface area contributed by atoms with E-state index in [1.807, 2.05) is 39.0 Å². The molecule has 1 aliphatic heterocycles. The molecular formula is C17H25NO3. The molecule has 0 saturated carbocycles. The standard InChI is InChI=1S/C17H25NO3/c1-13(2)21-17-5-4-14(3)12-15(17)16(19)6-7-18-8-10-20-11-9-18/h4-5,12-13H,6-11H2,1-3H3. The SMILES string of the molecule is Cc1ccc(OC(C)C)c(C(=O)CCN2CCOCC2)c1. The van der Waals surface area contributed by atoms with Crippen LogP contribution < -0.4 is 4.74 Å². The van der Waals surface area contributed by atoms with Gasteiger partial charge in [-0.15, -0.1) is 0 Å². The summed E-state index contributed by atoms with van der Waals surface area (Å²) < 4.78 is 11.1. The van der Waals surface area contributed by atoms with E-state index < -0.39 is 0 Å². The lowest BCUT2D eigenvalue weighted by atomic mass is 10.0. The van der Waals surface area contributed by atoms with Crippen LogP contribution in [0.15, 0.2) is 18.2 Å². The Morgan fingerprint density at radius 1 is 1.33 bits per heavy atom. The molecule has 4 heteroatoms. The maximum absolute atomic E-state index is 12.5. The summed E-state index contributed by atoms with van der Waals surface area (Å²) in [6, 6.07) is 5.81. The molecule has 2 rings (SSSR count). The number of morpholine rings is 1. The lowest BCUT2D eigenvalue weighted by Gasteiger charge is -2.26. The summed E-state index contributed by atoms with van der Waals surface area (Å²) in [5.74, 6) is 0.850. The van der Waals surface area contributed by atoms with Crippen molar-refractivity contribution in [3.05, 3.63) is 29.3 Å². The van der Waals surface area contributed by atoms with Crippen molar-refractivity contribution in [3.8, 4) is 5.75 Å². The highest BCUT2D eigenvalue weighted by molar-refractivity contribution is 5.99. The number of carbonyl (C=O) groups is 1. The number of rotatable bonds is 6. The van der Waals surface area contributed by atoms with Gasteiger partial charge in [-0.05, 0) is 32.9 Å². The van der Waals surface area contributed by atoms with Crippen LogP contribution >= 0.6 is 0 Å². The van der Waals surface area contributed by atoms with Crippen molar-refractivity contribution in [1.29, 1.82) is 0 Å². The van der Waals surface area contributed by atoms with Gasteiger partial charge < -0.3 is 9.47 Å². The first-order valence-electron chi connectivity index (χ1n) is 7.67. The normalized spacial score (nSPS) is 16.2. The Hall–Kier alpha value is -1.39. The molecule has 0 aromatic heterocycles. The van der Waals surface area contributed by atoms with E-state index in [0.717, 1.165) is 38.4 Å². The van der Waals surface area contributed by atoms with Crippen LogP contribution in [0.2, 0.25) is 0 Å². The highest BCUT2D eigenvalue weighted by Gasteiger charge is 2.16. The molecule has 0 bridgehead atoms. The maximum atomic E-state index is 12.5. The van der Waals surface area contributed by atoms with Crippen molar-refractivity contribution in [2.75, 3.05) is 32.8 Å². The molecule has 0 amide bonds. The summed E-state index contributed by atoms with van der Waals surface area (Å²) in [7, 11) is 0. The molecule has 1 aliphatic rings. The van der Waals surface area contributed by atoms with Gasteiger partial charge in [0.1, 0.15) is 5.75 Å². The van der Waals surface area contributed by atoms with Gasteiger partial charge in [0.15, 0.2) is 5.78 Å². The summed E-state index contributed by atoms with van der Waals surface area (Å²) in [6.07, 6.45) is 0.594. The minimum absolute atomic E-state index is 0.0681. The van der Waals surface area contributed by atoms with Crippen LogP contribution in [0.4, 0.5) is 0 Å². The number of ether oxygens (including phenoxy) is 2. The molecule has 116 valence electrons. The van der Waals surface area contributed by atoms with E-state index >= 15 is 0 Å². The van der Waals surface area contributed by atoms with Crippen molar-refractivity contribution >= 4 is 5.78 Å². The highest BCUT2D eigenvalue weighted by Crippen LogP contribution is 2.23. The number of hydrogen-bond acceptors (Lipinski definition) is 4. The Morgan fingerprint density at radius 2 is 2.05 bits per heavy atom. The first-order chi connectivity index (χ1) is 10.1. The first-order valence-corrected chi connectivity index (χ1v) is 7.67. The lowest BCUT2D eigenvalue weighted by Crippen LogP contribution is -2.37. The zero-order valence-electron chi connectivity index (χ0n) is 13.2. The zero-order chi connectivity index (χ0) is 15.2. The molecule has 1 heterocycles. The number of hydrogen-bond donors (Lipinski definition) is 0. The zero-order valence-corrected chi connectivity index (χ0v) is 13.2. The average molecular weight is 291 g/mol. The van der Waals surface area contributed by atoms with Crippen LogP contribution in [0.5, 0.6) is 5.75 Å². The number of ketones is 1. The Balaban J connectivity index is 2.01. The fraction of sp³-hybridized carbons (Fsp3) is 0.588. The number of Topliss-reactive ketones (excluding diaryl/α,β-unsaturated/α-hetero) is 1. The molecule has 0 N–H and O–H groups in total. The van der Waals surface area contributed by atoms with Gasteiger partial charge in [0, 0.05) is 26.1 Å². The van der Waals surface area contributed by atoms with Crippen LogP contribution in [0.25, 0.3) is 0 Å². The Kier molecular flexibility index (Phi) is 5.76. The molecule has 0 radical (unpaired) electrons. The van der Waals surface area contributed by atoms with E-state index in [2.05, 4.69) is 4.90 Å². The van der Waals surface area contributed by atoms with Gasteiger partial charge in [-0.25, -0.2) is 0 Å². The van der Waals surface area contributed by atoms with E-state index in [9.17, 15) is 4.79 Å². The maximum Gasteiger partial charge on any atom is 0.167 e. The average Bonchev–Trinajstić information content (AvgIpc) is 2.47. The highest BCUT2D eigenvalue weighted by atomic mass is 16.5. The van der Waals surface area contributed by atoms with Crippen molar-refractivity contribution in [2.24, 2.45) is 0 Å². The van der Waals surface area contributed by atoms with E-state index in [1.54, 1.807) is 0 Å². The molecule has 1 aromatic carbocycles. The van der Waals surface area contributed by atoms with E-state index in [-0.39, 0.29) is 11.9 Å². The third-order valence-corrected chi connectivity index (χ3v) is 3.56. The van der Waals surface area contributed by atoms with E-state index in [4.69, 9.17) is 9.47 Å². The van der Waals surface area contributed by atoms with Gasteiger partial charge in [-0.1, -0.05) is 11.6 Å². The quantitative estimate of drug-likeness (QED) is 0.755. The second kappa shape index (κ2) is 7.57. The summed E-state index contributed by atoms with van der Waals surface area (Å²) >= 11 is 0. The van der Waals surface area contributed by atoms with Crippen LogP contribution in [-0.2, 0) is 4.74 Å². The minimum atomic E-state index is 0.0681. The van der Waals surface area contributed by atoms with Crippen molar-refractivity contribution in [3.63, 3.8) is 0 Å². The van der Waals surface area contributed by atoms with Crippen molar-refractivity contribution < 1.29 is 14.3 Å². The van der Waals surface area contributed by atoms with Crippen LogP contribution in [0.1, 0.15) is 36.2 Å². The van der Waals surface area contributed by atoms with Gasteiger partial charge in [0.2, 0.25) is 0 Å². The molecule has 0 atom stereocenters. The molecule has 1 aromatic rings. The molecule has 0 spiro atoms. The fourth-order valence-electron chi connectivity index (χ4n) is 2.44. The van der Waals surface area contributed by atoms with Crippen molar-refractivity contribution in [1.82, 2.24) is 4.90 Å². The molecule has 4 nitrogen and oxygen atoms in total. The topological polar surface area (TPSA) is 38.8 Å². The number of carbonyl (C=O) groups excluding carboxylic acids is 1.